The lowest BCUT2D eigenvalue weighted by molar-refractivity contribution is -0.277. The van der Waals surface area contributed by atoms with Gasteiger partial charge in [0.2, 0.25) is 5.88 Å². The molecular weight excluding hydrogens is 397 g/mol. The van der Waals surface area contributed by atoms with E-state index in [1.165, 1.54) is 6.92 Å². The standard InChI is InChI=1S/C7H4ClF3INO3S/c1-3-2-4(17(8,14)15)6(13-5(3)12)16-7(9,10)11/h2H,1H3. The van der Waals surface area contributed by atoms with Crippen LogP contribution in [-0.4, -0.2) is 19.8 Å². The van der Waals surface area contributed by atoms with E-state index in [1.807, 2.05) is 0 Å². The lowest BCUT2D eigenvalue weighted by atomic mass is 10.3. The van der Waals surface area contributed by atoms with Crippen molar-refractivity contribution in [2.24, 2.45) is 0 Å². The number of aromatic nitrogens is 1. The maximum atomic E-state index is 12.0. The predicted molar refractivity (Wildman–Crippen MR) is 61.4 cm³/mol. The normalized spacial score (nSPS) is 12.6. The highest BCUT2D eigenvalue weighted by molar-refractivity contribution is 14.1. The number of aryl methyl sites for hydroxylation is 1. The Kier molecular flexibility index (Phi) is 4.14. The summed E-state index contributed by atoms with van der Waals surface area (Å²) in [5, 5.41) is 0. The third kappa shape index (κ3) is 4.14. The van der Waals surface area contributed by atoms with E-state index in [-0.39, 0.29) is 3.70 Å². The van der Waals surface area contributed by atoms with Gasteiger partial charge in [0.25, 0.3) is 9.05 Å². The molecule has 96 valence electrons. The van der Waals surface area contributed by atoms with Crippen LogP contribution in [0.1, 0.15) is 5.56 Å². The molecule has 1 heterocycles. The van der Waals surface area contributed by atoms with Crippen molar-refractivity contribution in [3.63, 3.8) is 0 Å². The SMILES string of the molecule is Cc1cc(S(=O)(=O)Cl)c(OC(F)(F)F)nc1I. The number of hydrogen-bond acceptors (Lipinski definition) is 4. The van der Waals surface area contributed by atoms with Crippen LogP contribution in [0.15, 0.2) is 11.0 Å². The van der Waals surface area contributed by atoms with Crippen LogP contribution >= 0.6 is 33.3 Å². The van der Waals surface area contributed by atoms with Crippen molar-refractivity contribution in [2.45, 2.75) is 18.2 Å². The van der Waals surface area contributed by atoms with Crippen molar-refractivity contribution < 1.29 is 26.3 Å². The van der Waals surface area contributed by atoms with Crippen LogP contribution in [-0.2, 0) is 9.05 Å². The summed E-state index contributed by atoms with van der Waals surface area (Å²) in [5.41, 5.74) is 0.374. The number of hydrogen-bond donors (Lipinski definition) is 0. The van der Waals surface area contributed by atoms with Crippen LogP contribution in [0.3, 0.4) is 0 Å². The molecule has 0 aliphatic rings. The van der Waals surface area contributed by atoms with Crippen molar-refractivity contribution >= 4 is 42.3 Å². The Balaban J connectivity index is 3.42. The minimum atomic E-state index is -5.04. The molecule has 0 aliphatic carbocycles. The zero-order valence-electron chi connectivity index (χ0n) is 8.05. The van der Waals surface area contributed by atoms with E-state index in [0.717, 1.165) is 6.07 Å². The Hall–Kier alpha value is -0.290. The zero-order valence-corrected chi connectivity index (χ0v) is 11.8. The summed E-state index contributed by atoms with van der Waals surface area (Å²) in [5.74, 6) is -1.08. The van der Waals surface area contributed by atoms with Gasteiger partial charge in [0.15, 0.2) is 0 Å². The second-order valence-corrected chi connectivity index (χ2v) is 6.44. The first-order valence-corrected chi connectivity index (χ1v) is 7.27. The van der Waals surface area contributed by atoms with Crippen LogP contribution in [0.25, 0.3) is 0 Å². The molecule has 0 fully saturated rings. The van der Waals surface area contributed by atoms with Gasteiger partial charge in [-0.2, -0.15) is 0 Å². The summed E-state index contributed by atoms with van der Waals surface area (Å²) in [6, 6.07) is 0.970. The van der Waals surface area contributed by atoms with Crippen molar-refractivity contribution in [2.75, 3.05) is 0 Å². The molecule has 17 heavy (non-hydrogen) atoms. The zero-order chi connectivity index (χ0) is 13.4. The fourth-order valence-electron chi connectivity index (χ4n) is 0.908. The van der Waals surface area contributed by atoms with Crippen molar-refractivity contribution in [3.05, 3.63) is 15.3 Å². The second kappa shape index (κ2) is 4.76. The summed E-state index contributed by atoms with van der Waals surface area (Å²) in [6.07, 6.45) is -5.04. The minimum Gasteiger partial charge on any atom is -0.386 e. The summed E-state index contributed by atoms with van der Waals surface area (Å²) < 4.78 is 62.0. The fourth-order valence-corrected chi connectivity index (χ4v) is 2.23. The van der Waals surface area contributed by atoms with Crippen LogP contribution in [0.2, 0.25) is 0 Å². The van der Waals surface area contributed by atoms with Gasteiger partial charge in [-0.15, -0.1) is 13.2 Å². The Bertz CT molecular complexity index is 546. The highest BCUT2D eigenvalue weighted by Gasteiger charge is 2.35. The molecule has 0 spiro atoms. The van der Waals surface area contributed by atoms with Crippen molar-refractivity contribution in [1.29, 1.82) is 0 Å². The summed E-state index contributed by atoms with van der Waals surface area (Å²) >= 11 is 1.65. The molecule has 1 aromatic rings. The summed E-state index contributed by atoms with van der Waals surface area (Å²) in [7, 11) is 0.636. The van der Waals surface area contributed by atoms with Gasteiger partial charge < -0.3 is 4.74 Å². The molecule has 4 nitrogen and oxygen atoms in total. The molecule has 10 heteroatoms. The van der Waals surface area contributed by atoms with Crippen LogP contribution in [0.5, 0.6) is 5.88 Å². The van der Waals surface area contributed by atoms with Crippen LogP contribution in [0.4, 0.5) is 13.2 Å². The van der Waals surface area contributed by atoms with E-state index >= 15 is 0 Å². The lowest BCUT2D eigenvalue weighted by Gasteiger charge is -2.11. The monoisotopic (exact) mass is 401 g/mol. The number of nitrogens with zero attached hydrogens (tertiary/aromatic N) is 1. The predicted octanol–water partition coefficient (Wildman–Crippen LogP) is 2.82. The van der Waals surface area contributed by atoms with Gasteiger partial charge in [-0.25, -0.2) is 13.4 Å². The molecule has 0 atom stereocenters. The van der Waals surface area contributed by atoms with Gasteiger partial charge in [-0.05, 0) is 41.1 Å². The molecule has 0 amide bonds. The molecule has 1 rings (SSSR count). The number of halogens is 5. The molecule has 0 saturated heterocycles. The fraction of sp³-hybridized carbons (Fsp3) is 0.286. The van der Waals surface area contributed by atoms with E-state index < -0.39 is 26.2 Å². The first kappa shape index (κ1) is 14.8. The lowest BCUT2D eigenvalue weighted by Crippen LogP contribution is -2.20. The van der Waals surface area contributed by atoms with Crippen LogP contribution in [0, 0.1) is 10.6 Å². The number of alkyl halides is 3. The van der Waals surface area contributed by atoms with Gasteiger partial charge in [-0.1, -0.05) is 0 Å². The van der Waals surface area contributed by atoms with Gasteiger partial charge in [-0.3, -0.25) is 0 Å². The largest absolute Gasteiger partial charge is 0.574 e. The maximum absolute atomic E-state index is 12.0. The number of ether oxygens (including phenoxy) is 1. The Labute approximate surface area is 113 Å². The molecule has 0 bridgehead atoms. The van der Waals surface area contributed by atoms with Gasteiger partial charge in [0.05, 0.1) is 0 Å². The Morgan fingerprint density at radius 1 is 1.47 bits per heavy atom. The van der Waals surface area contributed by atoms with E-state index in [4.69, 9.17) is 10.7 Å². The smallest absolute Gasteiger partial charge is 0.386 e. The highest BCUT2D eigenvalue weighted by atomic mass is 127. The first-order valence-electron chi connectivity index (χ1n) is 3.88. The average Bonchev–Trinajstić information content (AvgIpc) is 2.06. The molecule has 0 aliphatic heterocycles. The van der Waals surface area contributed by atoms with Crippen LogP contribution < -0.4 is 4.74 Å². The molecule has 1 aromatic heterocycles. The number of rotatable bonds is 2. The Morgan fingerprint density at radius 3 is 2.41 bits per heavy atom. The molecule has 0 unspecified atom stereocenters. The molecular formula is C7H4ClF3INO3S. The summed E-state index contributed by atoms with van der Waals surface area (Å²) in [6.45, 7) is 1.48. The van der Waals surface area contributed by atoms with E-state index in [2.05, 4.69) is 9.72 Å². The second-order valence-electron chi connectivity index (χ2n) is 2.89. The van der Waals surface area contributed by atoms with Gasteiger partial charge in [0.1, 0.15) is 8.60 Å². The molecule has 0 saturated carbocycles. The number of pyridine rings is 1. The topological polar surface area (TPSA) is 56.3 Å². The third-order valence-electron chi connectivity index (χ3n) is 1.56. The van der Waals surface area contributed by atoms with Gasteiger partial charge >= 0.3 is 6.36 Å². The maximum Gasteiger partial charge on any atom is 0.574 e. The van der Waals surface area contributed by atoms with Gasteiger partial charge in [0, 0.05) is 10.7 Å². The van der Waals surface area contributed by atoms with Crippen molar-refractivity contribution in [3.8, 4) is 5.88 Å². The molecule has 0 N–H and O–H groups in total. The highest BCUT2D eigenvalue weighted by Crippen LogP contribution is 2.31. The summed E-state index contributed by atoms with van der Waals surface area (Å²) in [4.78, 5) is 2.59. The van der Waals surface area contributed by atoms with E-state index in [1.54, 1.807) is 22.6 Å². The van der Waals surface area contributed by atoms with E-state index in [0.29, 0.717) is 5.56 Å². The molecule has 0 radical (unpaired) electrons. The Morgan fingerprint density at radius 2 is 2.00 bits per heavy atom. The quantitative estimate of drug-likeness (QED) is 0.434. The van der Waals surface area contributed by atoms with Crippen molar-refractivity contribution in [1.82, 2.24) is 4.98 Å². The molecule has 0 aromatic carbocycles. The first-order chi connectivity index (χ1) is 7.50. The van der Waals surface area contributed by atoms with E-state index in [9.17, 15) is 21.6 Å². The minimum absolute atomic E-state index is 0.186. The average molecular weight is 402 g/mol. The third-order valence-corrected chi connectivity index (χ3v) is 3.97.